The molecule has 0 radical (unpaired) electrons. The molecule has 1 amide bonds. The van der Waals surface area contributed by atoms with Crippen molar-refractivity contribution in [1.82, 2.24) is 14.5 Å². The summed E-state index contributed by atoms with van der Waals surface area (Å²) in [5.41, 5.74) is 1.36. The minimum atomic E-state index is -0.618. The van der Waals surface area contributed by atoms with Crippen molar-refractivity contribution in [1.29, 1.82) is 0 Å². The molecule has 2 aromatic heterocycles. The van der Waals surface area contributed by atoms with Gasteiger partial charge in [0.2, 0.25) is 0 Å². The van der Waals surface area contributed by atoms with Crippen molar-refractivity contribution in [3.05, 3.63) is 28.4 Å². The van der Waals surface area contributed by atoms with E-state index in [0.29, 0.717) is 23.1 Å². The van der Waals surface area contributed by atoms with Crippen LogP contribution in [0.3, 0.4) is 0 Å². The predicted molar refractivity (Wildman–Crippen MR) is 112 cm³/mol. The van der Waals surface area contributed by atoms with E-state index in [1.165, 1.54) is 0 Å². The summed E-state index contributed by atoms with van der Waals surface area (Å²) in [5.74, 6) is -0.401. The maximum Gasteiger partial charge on any atom is 0.410 e. The number of ether oxygens (including phenoxy) is 1. The molecule has 9 heteroatoms. The number of nitrogens with zero attached hydrogens (tertiary/aromatic N) is 3. The average Bonchev–Trinajstić information content (AvgIpc) is 3.59. The monoisotopic (exact) mass is 451 g/mol. The molecule has 0 unspecified atom stereocenters. The smallest absolute Gasteiger partial charge is 0.410 e. The summed E-state index contributed by atoms with van der Waals surface area (Å²) >= 11 is 5.98. The Morgan fingerprint density at radius 3 is 2.65 bits per heavy atom. The first-order valence-electron chi connectivity index (χ1n) is 10.8. The first kappa shape index (κ1) is 21.0. The van der Waals surface area contributed by atoms with E-state index in [-0.39, 0.29) is 48.2 Å². The van der Waals surface area contributed by atoms with Crippen LogP contribution in [0.15, 0.2) is 6.20 Å². The molecule has 3 aliphatic rings. The minimum absolute atomic E-state index is 0.0165. The van der Waals surface area contributed by atoms with Crippen molar-refractivity contribution in [2.24, 2.45) is 11.8 Å². The van der Waals surface area contributed by atoms with E-state index < -0.39 is 17.5 Å². The summed E-state index contributed by atoms with van der Waals surface area (Å²) in [5, 5.41) is 20.8. The van der Waals surface area contributed by atoms with Crippen LogP contribution in [-0.4, -0.2) is 55.6 Å². The minimum Gasteiger partial charge on any atom is -0.444 e. The normalized spacial score (nSPS) is 27.6. The molecule has 2 N–H and O–H groups in total. The molecule has 2 aromatic rings. The molecule has 2 aliphatic carbocycles. The van der Waals surface area contributed by atoms with Crippen LogP contribution in [0, 0.1) is 17.7 Å². The topological polar surface area (TPSA) is 87.8 Å². The van der Waals surface area contributed by atoms with Crippen molar-refractivity contribution in [3.8, 4) is 0 Å². The third kappa shape index (κ3) is 3.22. The Labute approximate surface area is 184 Å². The van der Waals surface area contributed by atoms with Crippen LogP contribution in [-0.2, 0) is 11.3 Å². The molecular formula is C22H27ClFN3O4. The molecule has 1 saturated heterocycles. The lowest BCUT2D eigenvalue weighted by Gasteiger charge is -2.30. The van der Waals surface area contributed by atoms with E-state index >= 15 is 4.39 Å². The SMILES string of the molecule is CC(C)(C)OC(=O)N1C[C@@H]2[C@@H](c3c(CO)n(C4CC4)c4c(F)c(Cl)ncc34)[C@@H]2[C@H]1CO. The van der Waals surface area contributed by atoms with Gasteiger partial charge in [-0.2, -0.15) is 0 Å². The van der Waals surface area contributed by atoms with Crippen LogP contribution >= 0.6 is 11.6 Å². The second-order valence-corrected chi connectivity index (χ2v) is 10.3. The number of aliphatic hydroxyl groups is 2. The number of rotatable bonds is 4. The van der Waals surface area contributed by atoms with E-state index in [4.69, 9.17) is 16.3 Å². The standard InChI is InChI=1S/C22H27ClFN3O4/c1-22(2,3)31-21(30)26-7-12-16(13(26)8-28)17(12)15-11-6-25-20(23)18(24)19(11)27(10-4-5-10)14(15)9-29/h6,10,12-13,16-17,28-29H,4-5,7-9H2,1-3H3/t12-,13+,16-,17-/m0/s1. The second kappa shape index (κ2) is 7.05. The summed E-state index contributed by atoms with van der Waals surface area (Å²) in [6.07, 6.45) is 3.01. The van der Waals surface area contributed by atoms with Gasteiger partial charge >= 0.3 is 6.09 Å². The highest BCUT2D eigenvalue weighted by Crippen LogP contribution is 2.63. The highest BCUT2D eigenvalue weighted by Gasteiger charge is 2.64. The van der Waals surface area contributed by atoms with Crippen molar-refractivity contribution in [3.63, 3.8) is 0 Å². The lowest BCUT2D eigenvalue weighted by molar-refractivity contribution is 0.0127. The predicted octanol–water partition coefficient (Wildman–Crippen LogP) is 3.60. The largest absolute Gasteiger partial charge is 0.444 e. The summed E-state index contributed by atoms with van der Waals surface area (Å²) in [6.45, 7) is 5.50. The number of aliphatic hydroxyl groups excluding tert-OH is 2. The Balaban J connectivity index is 1.53. The average molecular weight is 452 g/mol. The van der Waals surface area contributed by atoms with Crippen LogP contribution in [0.1, 0.15) is 56.8 Å². The number of hydrogen-bond donors (Lipinski definition) is 2. The molecule has 0 aromatic carbocycles. The van der Waals surface area contributed by atoms with E-state index in [1.807, 2.05) is 25.3 Å². The van der Waals surface area contributed by atoms with Gasteiger partial charge in [0.1, 0.15) is 5.60 Å². The Morgan fingerprint density at radius 1 is 1.35 bits per heavy atom. The summed E-state index contributed by atoms with van der Waals surface area (Å²) in [7, 11) is 0. The van der Waals surface area contributed by atoms with Gasteiger partial charge in [0.25, 0.3) is 0 Å². The summed E-state index contributed by atoms with van der Waals surface area (Å²) in [6, 6.07) is -0.224. The molecule has 31 heavy (non-hydrogen) atoms. The van der Waals surface area contributed by atoms with Crippen LogP contribution in [0.2, 0.25) is 5.15 Å². The van der Waals surface area contributed by atoms with Gasteiger partial charge in [0.05, 0.1) is 24.8 Å². The molecule has 1 aliphatic heterocycles. The maximum atomic E-state index is 15.0. The van der Waals surface area contributed by atoms with Gasteiger partial charge in [-0.1, -0.05) is 11.6 Å². The molecule has 4 atom stereocenters. The molecular weight excluding hydrogens is 425 g/mol. The fourth-order valence-corrected chi connectivity index (χ4v) is 5.60. The number of carbonyl (C=O) groups excluding carboxylic acids is 1. The van der Waals surface area contributed by atoms with Gasteiger partial charge < -0.3 is 24.4 Å². The van der Waals surface area contributed by atoms with Crippen LogP contribution in [0.5, 0.6) is 0 Å². The Hall–Kier alpha value is -1.90. The number of aromatic nitrogens is 2. The zero-order valence-corrected chi connectivity index (χ0v) is 18.6. The highest BCUT2D eigenvalue weighted by molar-refractivity contribution is 6.30. The number of likely N-dealkylation sites (tertiary alicyclic amines) is 1. The van der Waals surface area contributed by atoms with Gasteiger partial charge in [0.15, 0.2) is 11.0 Å². The zero-order valence-electron chi connectivity index (χ0n) is 17.8. The molecule has 2 saturated carbocycles. The molecule has 0 spiro atoms. The van der Waals surface area contributed by atoms with Crippen LogP contribution in [0.25, 0.3) is 10.9 Å². The fraction of sp³-hybridized carbons (Fsp3) is 0.636. The molecule has 0 bridgehead atoms. The van der Waals surface area contributed by atoms with Crippen LogP contribution < -0.4 is 0 Å². The molecule has 3 heterocycles. The number of halogens is 2. The fourth-order valence-electron chi connectivity index (χ4n) is 5.46. The Morgan fingerprint density at radius 2 is 2.06 bits per heavy atom. The van der Waals surface area contributed by atoms with E-state index in [9.17, 15) is 15.0 Å². The zero-order chi connectivity index (χ0) is 22.2. The van der Waals surface area contributed by atoms with Gasteiger partial charge in [-0.05, 0) is 56.9 Å². The Kier molecular flexibility index (Phi) is 4.77. The summed E-state index contributed by atoms with van der Waals surface area (Å²) in [4.78, 5) is 18.3. The summed E-state index contributed by atoms with van der Waals surface area (Å²) < 4.78 is 22.4. The number of piperidine rings is 1. The quantitative estimate of drug-likeness (QED) is 0.693. The molecule has 168 valence electrons. The van der Waals surface area contributed by atoms with Gasteiger partial charge in [-0.25, -0.2) is 14.2 Å². The van der Waals surface area contributed by atoms with Crippen molar-refractivity contribution in [2.45, 2.75) is 63.8 Å². The number of amides is 1. The second-order valence-electron chi connectivity index (χ2n) is 9.89. The first-order valence-corrected chi connectivity index (χ1v) is 11.1. The third-order valence-corrected chi connectivity index (χ3v) is 7.04. The van der Waals surface area contributed by atoms with Gasteiger partial charge in [-0.15, -0.1) is 0 Å². The number of pyridine rings is 1. The van der Waals surface area contributed by atoms with Gasteiger partial charge in [0, 0.05) is 29.9 Å². The van der Waals surface area contributed by atoms with Crippen molar-refractivity contribution in [2.75, 3.05) is 13.2 Å². The molecule has 7 nitrogen and oxygen atoms in total. The number of carbonyl (C=O) groups is 1. The number of fused-ring (bicyclic) bond motifs is 2. The van der Waals surface area contributed by atoms with E-state index in [2.05, 4.69) is 4.98 Å². The highest BCUT2D eigenvalue weighted by atomic mass is 35.5. The molecule has 3 fully saturated rings. The lowest BCUT2D eigenvalue weighted by atomic mass is 10.0. The Bertz CT molecular complexity index is 1060. The van der Waals surface area contributed by atoms with Crippen molar-refractivity contribution >= 4 is 28.6 Å². The van der Waals surface area contributed by atoms with Crippen molar-refractivity contribution < 1.29 is 24.1 Å². The lowest BCUT2D eigenvalue weighted by Crippen LogP contribution is -2.44. The first-order chi connectivity index (χ1) is 14.7. The number of hydrogen-bond acceptors (Lipinski definition) is 5. The maximum absolute atomic E-state index is 15.0. The van der Waals surface area contributed by atoms with Gasteiger partial charge in [-0.3, -0.25) is 0 Å². The third-order valence-electron chi connectivity index (χ3n) is 6.78. The van der Waals surface area contributed by atoms with E-state index in [1.54, 1.807) is 11.1 Å². The molecule has 5 rings (SSSR count). The van der Waals surface area contributed by atoms with Crippen LogP contribution in [0.4, 0.5) is 9.18 Å². The van der Waals surface area contributed by atoms with E-state index in [0.717, 1.165) is 18.4 Å².